The van der Waals surface area contributed by atoms with Gasteiger partial charge in [-0.15, -0.1) is 0 Å². The summed E-state index contributed by atoms with van der Waals surface area (Å²) in [6, 6.07) is 9.01. The number of allylic oxidation sites excluding steroid dienone is 1. The first-order chi connectivity index (χ1) is 15.1. The largest absolute Gasteiger partial charge is 0.396 e. The monoisotopic (exact) mass is 422 g/mol. The summed E-state index contributed by atoms with van der Waals surface area (Å²) >= 11 is 0. The molecule has 164 valence electrons. The Morgan fingerprint density at radius 3 is 2.84 bits per heavy atom. The van der Waals surface area contributed by atoms with E-state index in [1.165, 1.54) is 0 Å². The fourth-order valence-electron chi connectivity index (χ4n) is 5.23. The molecule has 2 aliphatic heterocycles. The quantitative estimate of drug-likeness (QED) is 0.712. The SMILES string of the molecule is C/C=C/c1ccc2n(c1=O)C[C@H]1[C@H](CO)[C@@H](C(=O)NCc3ccccn3)N(CCC)[C@@H]21. The fraction of sp³-hybridized carbons (Fsp3) is 0.458. The topological polar surface area (TPSA) is 87.5 Å². The molecule has 1 fully saturated rings. The molecule has 0 radical (unpaired) electrons. The van der Waals surface area contributed by atoms with Crippen LogP contribution in [0.5, 0.6) is 0 Å². The summed E-state index contributed by atoms with van der Waals surface area (Å²) in [5.41, 5.74) is 2.40. The lowest BCUT2D eigenvalue weighted by atomic mass is 9.88. The van der Waals surface area contributed by atoms with Gasteiger partial charge in [0, 0.05) is 42.4 Å². The molecule has 0 aromatic carbocycles. The number of carbonyl (C=O) groups excluding carboxylic acids is 1. The third kappa shape index (κ3) is 3.83. The maximum atomic E-state index is 13.3. The van der Waals surface area contributed by atoms with E-state index in [1.54, 1.807) is 6.20 Å². The van der Waals surface area contributed by atoms with Gasteiger partial charge in [-0.2, -0.15) is 0 Å². The van der Waals surface area contributed by atoms with Crippen molar-refractivity contribution < 1.29 is 9.90 Å². The number of aromatic nitrogens is 2. The molecule has 4 heterocycles. The summed E-state index contributed by atoms with van der Waals surface area (Å²) in [6.07, 6.45) is 6.27. The predicted molar refractivity (Wildman–Crippen MR) is 119 cm³/mol. The molecule has 1 amide bonds. The zero-order valence-corrected chi connectivity index (χ0v) is 18.1. The minimum atomic E-state index is -0.428. The summed E-state index contributed by atoms with van der Waals surface area (Å²) in [7, 11) is 0. The van der Waals surface area contributed by atoms with Crippen LogP contribution in [0.3, 0.4) is 0 Å². The average Bonchev–Trinajstić information content (AvgIpc) is 3.30. The van der Waals surface area contributed by atoms with Crippen molar-refractivity contribution in [1.82, 2.24) is 19.8 Å². The molecule has 0 spiro atoms. The van der Waals surface area contributed by atoms with Gasteiger partial charge < -0.3 is 15.0 Å². The Morgan fingerprint density at radius 1 is 1.32 bits per heavy atom. The van der Waals surface area contributed by atoms with E-state index in [1.807, 2.05) is 54.0 Å². The van der Waals surface area contributed by atoms with E-state index >= 15 is 0 Å². The number of fused-ring (bicyclic) bond motifs is 3. The lowest BCUT2D eigenvalue weighted by Gasteiger charge is -2.30. The molecular formula is C24H30N4O3. The van der Waals surface area contributed by atoms with Gasteiger partial charge in [-0.05, 0) is 44.2 Å². The molecule has 4 atom stereocenters. The van der Waals surface area contributed by atoms with Crippen molar-refractivity contribution >= 4 is 12.0 Å². The Kier molecular flexibility index (Phi) is 6.34. The van der Waals surface area contributed by atoms with Gasteiger partial charge in [-0.3, -0.25) is 19.5 Å². The minimum Gasteiger partial charge on any atom is -0.396 e. The lowest BCUT2D eigenvalue weighted by Crippen LogP contribution is -2.48. The van der Waals surface area contributed by atoms with E-state index in [2.05, 4.69) is 22.1 Å². The van der Waals surface area contributed by atoms with Gasteiger partial charge in [0.15, 0.2) is 0 Å². The van der Waals surface area contributed by atoms with Crippen LogP contribution in [-0.2, 0) is 17.9 Å². The Bertz CT molecular complexity index is 1020. The number of hydrogen-bond acceptors (Lipinski definition) is 5. The first-order valence-corrected chi connectivity index (χ1v) is 11.0. The van der Waals surface area contributed by atoms with Crippen LogP contribution in [0.2, 0.25) is 0 Å². The molecule has 7 nitrogen and oxygen atoms in total. The highest BCUT2D eigenvalue weighted by Crippen LogP contribution is 2.49. The van der Waals surface area contributed by atoms with Crippen molar-refractivity contribution in [2.45, 2.75) is 45.4 Å². The van der Waals surface area contributed by atoms with Crippen LogP contribution in [-0.4, -0.2) is 44.7 Å². The van der Waals surface area contributed by atoms with E-state index < -0.39 is 6.04 Å². The molecule has 0 bridgehead atoms. The van der Waals surface area contributed by atoms with Gasteiger partial charge in [0.1, 0.15) is 0 Å². The molecule has 4 rings (SSSR count). The van der Waals surface area contributed by atoms with Crippen LogP contribution < -0.4 is 10.9 Å². The normalized spacial score (nSPS) is 25.0. The summed E-state index contributed by atoms with van der Waals surface area (Å²) in [5, 5.41) is 13.3. The standard InChI is InChI=1S/C24H30N4O3/c1-3-7-16-9-10-20-21-18(14-28(20)24(16)31)19(15-29)22(27(21)12-4-2)23(30)26-13-17-8-5-6-11-25-17/h3,5-11,18-19,21-22,29H,4,12-15H2,1-2H3,(H,26,30)/b7-3+/t18-,19-,21+,22-/m0/s1. The van der Waals surface area contributed by atoms with Gasteiger partial charge in [0.25, 0.3) is 5.56 Å². The molecule has 1 saturated heterocycles. The number of aliphatic hydroxyl groups is 1. The zero-order chi connectivity index (χ0) is 22.0. The molecule has 2 N–H and O–H groups in total. The van der Waals surface area contributed by atoms with Crippen LogP contribution >= 0.6 is 0 Å². The van der Waals surface area contributed by atoms with Crippen LogP contribution in [0.1, 0.15) is 43.3 Å². The highest BCUT2D eigenvalue weighted by atomic mass is 16.3. The maximum absolute atomic E-state index is 13.3. The van der Waals surface area contributed by atoms with Crippen LogP contribution in [0.4, 0.5) is 0 Å². The van der Waals surface area contributed by atoms with Crippen molar-refractivity contribution in [1.29, 1.82) is 0 Å². The number of amides is 1. The van der Waals surface area contributed by atoms with Crippen molar-refractivity contribution in [2.75, 3.05) is 13.2 Å². The number of pyridine rings is 2. The second-order valence-electron chi connectivity index (χ2n) is 8.31. The molecule has 31 heavy (non-hydrogen) atoms. The molecule has 2 aromatic heterocycles. The van der Waals surface area contributed by atoms with Crippen LogP contribution in [0, 0.1) is 11.8 Å². The van der Waals surface area contributed by atoms with E-state index in [0.29, 0.717) is 18.7 Å². The maximum Gasteiger partial charge on any atom is 0.258 e. The number of carbonyl (C=O) groups is 1. The number of hydrogen-bond donors (Lipinski definition) is 2. The van der Waals surface area contributed by atoms with E-state index in [0.717, 1.165) is 24.4 Å². The summed E-state index contributed by atoms with van der Waals surface area (Å²) in [6.45, 7) is 5.50. The van der Waals surface area contributed by atoms with Crippen molar-refractivity contribution in [3.8, 4) is 0 Å². The summed E-state index contributed by atoms with van der Waals surface area (Å²) in [5.74, 6) is -0.299. The van der Waals surface area contributed by atoms with E-state index in [4.69, 9.17) is 0 Å². The number of rotatable bonds is 7. The second-order valence-corrected chi connectivity index (χ2v) is 8.31. The Balaban J connectivity index is 1.64. The molecule has 0 aliphatic carbocycles. The molecular weight excluding hydrogens is 392 g/mol. The third-order valence-electron chi connectivity index (χ3n) is 6.49. The highest BCUT2D eigenvalue weighted by Gasteiger charge is 2.55. The highest BCUT2D eigenvalue weighted by molar-refractivity contribution is 5.82. The summed E-state index contributed by atoms with van der Waals surface area (Å²) in [4.78, 5) is 32.7. The number of likely N-dealkylation sites (tertiary alicyclic amines) is 1. The number of nitrogens with one attached hydrogen (secondary N) is 1. The molecule has 2 aliphatic rings. The summed E-state index contributed by atoms with van der Waals surface area (Å²) < 4.78 is 1.83. The van der Waals surface area contributed by atoms with Crippen LogP contribution in [0.15, 0.2) is 47.4 Å². The van der Waals surface area contributed by atoms with Gasteiger partial charge in [-0.1, -0.05) is 25.1 Å². The fourth-order valence-corrected chi connectivity index (χ4v) is 5.23. The lowest BCUT2D eigenvalue weighted by molar-refractivity contribution is -0.128. The number of aliphatic hydroxyl groups excluding tert-OH is 1. The Hall–Kier alpha value is -2.77. The van der Waals surface area contributed by atoms with Crippen molar-refractivity contribution in [3.05, 3.63) is 69.9 Å². The van der Waals surface area contributed by atoms with E-state index in [-0.39, 0.29) is 36.0 Å². The Labute approximate surface area is 182 Å². The molecule has 7 heteroatoms. The van der Waals surface area contributed by atoms with Crippen molar-refractivity contribution in [3.63, 3.8) is 0 Å². The number of nitrogens with zero attached hydrogens (tertiary/aromatic N) is 3. The Morgan fingerprint density at radius 2 is 2.16 bits per heavy atom. The van der Waals surface area contributed by atoms with Crippen molar-refractivity contribution in [2.24, 2.45) is 11.8 Å². The first kappa shape index (κ1) is 21.5. The minimum absolute atomic E-state index is 0.00529. The van der Waals surface area contributed by atoms with E-state index in [9.17, 15) is 14.7 Å². The average molecular weight is 423 g/mol. The van der Waals surface area contributed by atoms with Gasteiger partial charge >= 0.3 is 0 Å². The van der Waals surface area contributed by atoms with Gasteiger partial charge in [-0.25, -0.2) is 0 Å². The molecule has 0 unspecified atom stereocenters. The molecule has 0 saturated carbocycles. The first-order valence-electron chi connectivity index (χ1n) is 11.0. The molecule has 2 aromatic rings. The third-order valence-corrected chi connectivity index (χ3v) is 6.49. The second kappa shape index (κ2) is 9.16. The van der Waals surface area contributed by atoms with Gasteiger partial charge in [0.2, 0.25) is 5.91 Å². The zero-order valence-electron chi connectivity index (χ0n) is 18.1. The smallest absolute Gasteiger partial charge is 0.258 e. The van der Waals surface area contributed by atoms with Gasteiger partial charge in [0.05, 0.1) is 24.3 Å². The van der Waals surface area contributed by atoms with Crippen LogP contribution in [0.25, 0.3) is 6.08 Å². The predicted octanol–water partition coefficient (Wildman–Crippen LogP) is 1.97.